The fraction of sp³-hybridized carbons (Fsp3) is 0.556. The first-order chi connectivity index (χ1) is 11.3. The molecule has 1 aliphatic rings. The van der Waals surface area contributed by atoms with Crippen LogP contribution in [0, 0.1) is 0 Å². The van der Waals surface area contributed by atoms with Gasteiger partial charge >= 0.3 is 12.1 Å². The standard InChI is InChI=1S/C18H25NO4S/c1-18(2,3)23-17(21)19-11-5-6-14(19)12-24-15-9-7-13(8-10-15)16(20)22-4/h7-10,14H,5-6,11-12H2,1-4H3. The molecule has 0 spiro atoms. The van der Waals surface area contributed by atoms with Gasteiger partial charge in [0.25, 0.3) is 0 Å². The molecule has 1 aromatic carbocycles. The average Bonchev–Trinajstić information content (AvgIpc) is 2.99. The van der Waals surface area contributed by atoms with Crippen LogP contribution in [0.5, 0.6) is 0 Å². The first kappa shape index (κ1) is 18.6. The number of hydrogen-bond acceptors (Lipinski definition) is 5. The molecule has 1 aromatic rings. The molecule has 1 fully saturated rings. The Morgan fingerprint density at radius 2 is 1.92 bits per heavy atom. The molecule has 1 atom stereocenters. The highest BCUT2D eigenvalue weighted by atomic mass is 32.2. The van der Waals surface area contributed by atoms with Gasteiger partial charge in [0.15, 0.2) is 0 Å². The summed E-state index contributed by atoms with van der Waals surface area (Å²) in [4.78, 5) is 26.6. The number of rotatable bonds is 4. The molecule has 0 aliphatic carbocycles. The Kier molecular flexibility index (Phi) is 6.15. The number of likely N-dealkylation sites (tertiary alicyclic amines) is 1. The molecule has 1 aliphatic heterocycles. The van der Waals surface area contributed by atoms with Crippen LogP contribution in [-0.4, -0.2) is 48.0 Å². The van der Waals surface area contributed by atoms with Gasteiger partial charge in [-0.3, -0.25) is 0 Å². The summed E-state index contributed by atoms with van der Waals surface area (Å²) in [6.45, 7) is 6.40. The van der Waals surface area contributed by atoms with Crippen molar-refractivity contribution in [2.45, 2.75) is 50.2 Å². The van der Waals surface area contributed by atoms with Crippen LogP contribution < -0.4 is 0 Å². The van der Waals surface area contributed by atoms with E-state index in [1.807, 2.05) is 37.8 Å². The predicted octanol–water partition coefficient (Wildman–Crippen LogP) is 3.96. The number of thioether (sulfide) groups is 1. The van der Waals surface area contributed by atoms with Gasteiger partial charge in [0.1, 0.15) is 5.60 Å². The van der Waals surface area contributed by atoms with Crippen LogP contribution in [0.4, 0.5) is 4.79 Å². The lowest BCUT2D eigenvalue weighted by molar-refractivity contribution is 0.0241. The van der Waals surface area contributed by atoms with Crippen molar-refractivity contribution in [3.8, 4) is 0 Å². The molecule has 1 saturated heterocycles. The number of methoxy groups -OCH3 is 1. The molecule has 1 heterocycles. The van der Waals surface area contributed by atoms with E-state index in [2.05, 4.69) is 0 Å². The second-order valence-corrected chi connectivity index (χ2v) is 7.89. The number of ether oxygens (including phenoxy) is 2. The molecule has 1 amide bonds. The predicted molar refractivity (Wildman–Crippen MR) is 94.5 cm³/mol. The molecule has 24 heavy (non-hydrogen) atoms. The molecule has 0 N–H and O–H groups in total. The molecular formula is C18H25NO4S. The molecule has 6 heteroatoms. The second kappa shape index (κ2) is 7.92. The smallest absolute Gasteiger partial charge is 0.410 e. The molecule has 132 valence electrons. The highest BCUT2D eigenvalue weighted by molar-refractivity contribution is 7.99. The lowest BCUT2D eigenvalue weighted by Crippen LogP contribution is -2.40. The zero-order chi connectivity index (χ0) is 17.7. The summed E-state index contributed by atoms with van der Waals surface area (Å²) in [7, 11) is 1.37. The van der Waals surface area contributed by atoms with Gasteiger partial charge in [-0.2, -0.15) is 0 Å². The molecule has 0 bridgehead atoms. The zero-order valence-corrected chi connectivity index (χ0v) is 15.5. The Bertz CT molecular complexity index is 580. The quantitative estimate of drug-likeness (QED) is 0.607. The SMILES string of the molecule is COC(=O)c1ccc(SCC2CCCN2C(=O)OC(C)(C)C)cc1. The number of esters is 1. The maximum absolute atomic E-state index is 12.3. The van der Waals surface area contributed by atoms with Gasteiger partial charge in [-0.15, -0.1) is 11.8 Å². The zero-order valence-electron chi connectivity index (χ0n) is 14.7. The summed E-state index contributed by atoms with van der Waals surface area (Å²) in [6, 6.07) is 7.51. The Morgan fingerprint density at radius 1 is 1.25 bits per heavy atom. The van der Waals surface area contributed by atoms with E-state index < -0.39 is 5.60 Å². The van der Waals surface area contributed by atoms with Gasteiger partial charge in [0, 0.05) is 23.2 Å². The lowest BCUT2D eigenvalue weighted by Gasteiger charge is -2.28. The van der Waals surface area contributed by atoms with Gasteiger partial charge in [-0.25, -0.2) is 9.59 Å². The van der Waals surface area contributed by atoms with E-state index in [9.17, 15) is 9.59 Å². The third-order valence-corrected chi connectivity index (χ3v) is 4.88. The van der Waals surface area contributed by atoms with Crippen molar-refractivity contribution in [1.29, 1.82) is 0 Å². The van der Waals surface area contributed by atoms with Crippen LogP contribution in [0.1, 0.15) is 44.0 Å². The van der Waals surface area contributed by atoms with E-state index in [4.69, 9.17) is 9.47 Å². The third-order valence-electron chi connectivity index (χ3n) is 3.72. The van der Waals surface area contributed by atoms with E-state index in [1.54, 1.807) is 23.9 Å². The first-order valence-corrected chi connectivity index (χ1v) is 9.09. The number of benzene rings is 1. The normalized spacial score (nSPS) is 17.7. The average molecular weight is 351 g/mol. The van der Waals surface area contributed by atoms with Crippen molar-refractivity contribution < 1.29 is 19.1 Å². The topological polar surface area (TPSA) is 55.8 Å². The van der Waals surface area contributed by atoms with E-state index in [1.165, 1.54) is 7.11 Å². The van der Waals surface area contributed by atoms with Gasteiger partial charge < -0.3 is 14.4 Å². The van der Waals surface area contributed by atoms with E-state index in [0.29, 0.717) is 5.56 Å². The highest BCUT2D eigenvalue weighted by Gasteiger charge is 2.32. The lowest BCUT2D eigenvalue weighted by atomic mass is 10.2. The van der Waals surface area contributed by atoms with Crippen LogP contribution in [0.3, 0.4) is 0 Å². The Labute approximate surface area is 147 Å². The van der Waals surface area contributed by atoms with Crippen molar-refractivity contribution in [2.24, 2.45) is 0 Å². The number of carbonyl (C=O) groups is 2. The van der Waals surface area contributed by atoms with Crippen LogP contribution in [0.2, 0.25) is 0 Å². The summed E-state index contributed by atoms with van der Waals surface area (Å²) in [5, 5.41) is 0. The molecule has 1 unspecified atom stereocenters. The van der Waals surface area contributed by atoms with Crippen molar-refractivity contribution >= 4 is 23.8 Å². The summed E-state index contributed by atoms with van der Waals surface area (Å²) in [5.74, 6) is 0.482. The molecule has 0 aromatic heterocycles. The molecule has 0 radical (unpaired) electrons. The fourth-order valence-electron chi connectivity index (χ4n) is 2.57. The van der Waals surface area contributed by atoms with Gasteiger partial charge in [-0.1, -0.05) is 0 Å². The number of amides is 1. The largest absolute Gasteiger partial charge is 0.465 e. The maximum Gasteiger partial charge on any atom is 0.410 e. The number of nitrogens with zero attached hydrogens (tertiary/aromatic N) is 1. The first-order valence-electron chi connectivity index (χ1n) is 8.11. The molecule has 0 saturated carbocycles. The van der Waals surface area contributed by atoms with Crippen molar-refractivity contribution in [1.82, 2.24) is 4.90 Å². The van der Waals surface area contributed by atoms with E-state index >= 15 is 0 Å². The Hall–Kier alpha value is -1.69. The van der Waals surface area contributed by atoms with Gasteiger partial charge in [-0.05, 0) is 57.9 Å². The van der Waals surface area contributed by atoms with Crippen LogP contribution >= 0.6 is 11.8 Å². The second-order valence-electron chi connectivity index (χ2n) is 6.80. The summed E-state index contributed by atoms with van der Waals surface area (Å²) >= 11 is 1.68. The van der Waals surface area contributed by atoms with Gasteiger partial charge in [0.05, 0.1) is 12.7 Å². The third kappa shape index (κ3) is 5.16. The number of hydrogen-bond donors (Lipinski definition) is 0. The molecule has 2 rings (SSSR count). The minimum atomic E-state index is -0.471. The summed E-state index contributed by atoms with van der Waals surface area (Å²) < 4.78 is 10.2. The van der Waals surface area contributed by atoms with E-state index in [-0.39, 0.29) is 18.1 Å². The maximum atomic E-state index is 12.3. The fourth-order valence-corrected chi connectivity index (χ4v) is 3.63. The van der Waals surface area contributed by atoms with Crippen LogP contribution in [0.15, 0.2) is 29.2 Å². The van der Waals surface area contributed by atoms with Crippen molar-refractivity contribution in [3.05, 3.63) is 29.8 Å². The molecular weight excluding hydrogens is 326 g/mol. The highest BCUT2D eigenvalue weighted by Crippen LogP contribution is 2.27. The Balaban J connectivity index is 1.91. The van der Waals surface area contributed by atoms with Gasteiger partial charge in [0.2, 0.25) is 0 Å². The monoisotopic (exact) mass is 351 g/mol. The van der Waals surface area contributed by atoms with Crippen LogP contribution in [0.25, 0.3) is 0 Å². The van der Waals surface area contributed by atoms with Crippen LogP contribution in [-0.2, 0) is 9.47 Å². The number of carbonyl (C=O) groups excluding carboxylic acids is 2. The molecule has 5 nitrogen and oxygen atoms in total. The minimum absolute atomic E-state index is 0.185. The summed E-state index contributed by atoms with van der Waals surface area (Å²) in [6.07, 6.45) is 1.77. The summed E-state index contributed by atoms with van der Waals surface area (Å²) in [5.41, 5.74) is 0.0688. The Morgan fingerprint density at radius 3 is 2.50 bits per heavy atom. The van der Waals surface area contributed by atoms with Crippen molar-refractivity contribution in [2.75, 3.05) is 19.4 Å². The van der Waals surface area contributed by atoms with Crippen molar-refractivity contribution in [3.63, 3.8) is 0 Å². The van der Waals surface area contributed by atoms with E-state index in [0.717, 1.165) is 30.0 Å². The minimum Gasteiger partial charge on any atom is -0.465 e.